The molecular weight excluding hydrogens is 245 g/mol. The molecule has 2 rings (SSSR count). The van der Waals surface area contributed by atoms with Gasteiger partial charge in [0.2, 0.25) is 0 Å². The van der Waals surface area contributed by atoms with Crippen LogP contribution in [0.4, 0.5) is 4.39 Å². The monoisotopic (exact) mass is 253 g/mol. The van der Waals surface area contributed by atoms with Gasteiger partial charge < -0.3 is 9.84 Å². The maximum atomic E-state index is 12.9. The average Bonchev–Trinajstić information content (AvgIpc) is 2.31. The third-order valence-corrected chi connectivity index (χ3v) is 2.31. The van der Waals surface area contributed by atoms with E-state index in [2.05, 4.69) is 4.98 Å². The number of aliphatic hydroxyl groups excluding tert-OH is 1. The van der Waals surface area contributed by atoms with E-state index < -0.39 is 5.82 Å². The third-order valence-electron chi connectivity index (χ3n) is 2.10. The van der Waals surface area contributed by atoms with Crippen molar-refractivity contribution in [1.29, 1.82) is 0 Å². The second kappa shape index (κ2) is 5.12. The summed E-state index contributed by atoms with van der Waals surface area (Å²) < 4.78 is 18.4. The molecule has 0 aliphatic carbocycles. The third kappa shape index (κ3) is 2.93. The molecule has 0 amide bonds. The van der Waals surface area contributed by atoms with Gasteiger partial charge in [-0.1, -0.05) is 11.6 Å². The Kier molecular flexibility index (Phi) is 3.56. The van der Waals surface area contributed by atoms with E-state index in [0.717, 1.165) is 0 Å². The zero-order valence-electron chi connectivity index (χ0n) is 8.73. The summed E-state index contributed by atoms with van der Waals surface area (Å²) in [5.74, 6) is 0.377. The SMILES string of the molecule is OCc1cc(F)ccc1Oc1cncc(Cl)c1. The molecule has 5 heteroatoms. The van der Waals surface area contributed by atoms with Gasteiger partial charge in [-0.2, -0.15) is 0 Å². The molecule has 0 saturated carbocycles. The predicted octanol–water partition coefficient (Wildman–Crippen LogP) is 3.16. The molecule has 17 heavy (non-hydrogen) atoms. The van der Waals surface area contributed by atoms with Crippen LogP contribution in [0.1, 0.15) is 5.56 Å². The Labute approximate surface area is 102 Å². The van der Waals surface area contributed by atoms with Crippen molar-refractivity contribution in [3.8, 4) is 11.5 Å². The topological polar surface area (TPSA) is 42.4 Å². The van der Waals surface area contributed by atoms with Gasteiger partial charge in [-0.3, -0.25) is 4.98 Å². The fraction of sp³-hybridized carbons (Fsp3) is 0.0833. The van der Waals surface area contributed by atoms with Gasteiger partial charge in [0.15, 0.2) is 0 Å². The molecule has 0 fully saturated rings. The number of ether oxygens (including phenoxy) is 1. The molecule has 0 bridgehead atoms. The Morgan fingerprint density at radius 3 is 2.82 bits per heavy atom. The zero-order chi connectivity index (χ0) is 12.3. The summed E-state index contributed by atoms with van der Waals surface area (Å²) in [6, 6.07) is 5.50. The molecule has 0 unspecified atom stereocenters. The predicted molar refractivity (Wildman–Crippen MR) is 61.6 cm³/mol. The van der Waals surface area contributed by atoms with Crippen LogP contribution in [0.2, 0.25) is 5.02 Å². The number of nitrogens with zero attached hydrogens (tertiary/aromatic N) is 1. The van der Waals surface area contributed by atoms with Crippen LogP contribution in [0.15, 0.2) is 36.7 Å². The molecule has 0 aliphatic heterocycles. The highest BCUT2D eigenvalue weighted by atomic mass is 35.5. The molecule has 0 aliphatic rings. The lowest BCUT2D eigenvalue weighted by molar-refractivity contribution is 0.275. The Bertz CT molecular complexity index is 534. The first-order valence-electron chi connectivity index (χ1n) is 4.87. The van der Waals surface area contributed by atoms with Crippen molar-refractivity contribution in [2.75, 3.05) is 0 Å². The fourth-order valence-electron chi connectivity index (χ4n) is 1.35. The number of hydrogen-bond donors (Lipinski definition) is 1. The minimum absolute atomic E-state index is 0.304. The van der Waals surface area contributed by atoms with Crippen molar-refractivity contribution in [3.05, 3.63) is 53.1 Å². The first-order chi connectivity index (χ1) is 8.19. The quantitative estimate of drug-likeness (QED) is 0.914. The highest BCUT2D eigenvalue weighted by molar-refractivity contribution is 6.30. The largest absolute Gasteiger partial charge is 0.455 e. The van der Waals surface area contributed by atoms with Crippen molar-refractivity contribution in [1.82, 2.24) is 4.98 Å². The van der Waals surface area contributed by atoms with E-state index in [-0.39, 0.29) is 6.61 Å². The van der Waals surface area contributed by atoms with Gasteiger partial charge in [0.05, 0.1) is 17.8 Å². The summed E-state index contributed by atoms with van der Waals surface area (Å²) in [4.78, 5) is 3.86. The van der Waals surface area contributed by atoms with E-state index >= 15 is 0 Å². The maximum Gasteiger partial charge on any atom is 0.147 e. The van der Waals surface area contributed by atoms with E-state index in [4.69, 9.17) is 21.4 Å². The average molecular weight is 254 g/mol. The second-order valence-electron chi connectivity index (χ2n) is 3.35. The first kappa shape index (κ1) is 11.8. The molecular formula is C12H9ClFNO2. The summed E-state index contributed by atoms with van der Waals surface area (Å²) in [5.41, 5.74) is 0.366. The summed E-state index contributed by atoms with van der Waals surface area (Å²) in [5, 5.41) is 9.53. The summed E-state index contributed by atoms with van der Waals surface area (Å²) >= 11 is 5.76. The number of aromatic nitrogens is 1. The lowest BCUT2D eigenvalue weighted by Crippen LogP contribution is -1.93. The van der Waals surface area contributed by atoms with Gasteiger partial charge in [-0.25, -0.2) is 4.39 Å². The van der Waals surface area contributed by atoms with Crippen molar-refractivity contribution < 1.29 is 14.2 Å². The van der Waals surface area contributed by atoms with Gasteiger partial charge in [-0.05, 0) is 18.2 Å². The van der Waals surface area contributed by atoms with Crippen LogP contribution in [-0.4, -0.2) is 10.1 Å². The zero-order valence-corrected chi connectivity index (χ0v) is 9.49. The van der Waals surface area contributed by atoms with Crippen LogP contribution >= 0.6 is 11.6 Å². The van der Waals surface area contributed by atoms with Crippen LogP contribution < -0.4 is 4.74 Å². The van der Waals surface area contributed by atoms with Gasteiger partial charge in [0.25, 0.3) is 0 Å². The van der Waals surface area contributed by atoms with E-state index in [0.29, 0.717) is 22.1 Å². The van der Waals surface area contributed by atoms with Crippen molar-refractivity contribution in [2.45, 2.75) is 6.61 Å². The van der Waals surface area contributed by atoms with Crippen molar-refractivity contribution in [2.24, 2.45) is 0 Å². The minimum atomic E-state index is -0.425. The molecule has 0 spiro atoms. The summed E-state index contributed by atoms with van der Waals surface area (Å²) in [7, 11) is 0. The minimum Gasteiger partial charge on any atom is -0.455 e. The van der Waals surface area contributed by atoms with Crippen LogP contribution in [0.25, 0.3) is 0 Å². The van der Waals surface area contributed by atoms with E-state index in [1.807, 2.05) is 0 Å². The molecule has 0 atom stereocenters. The van der Waals surface area contributed by atoms with E-state index in [1.165, 1.54) is 30.6 Å². The first-order valence-corrected chi connectivity index (χ1v) is 5.24. The summed E-state index contributed by atoms with van der Waals surface area (Å²) in [6.07, 6.45) is 2.96. The molecule has 0 radical (unpaired) electrons. The lowest BCUT2D eigenvalue weighted by atomic mass is 10.2. The molecule has 1 N–H and O–H groups in total. The van der Waals surface area contributed by atoms with E-state index in [9.17, 15) is 4.39 Å². The Hall–Kier alpha value is -1.65. The van der Waals surface area contributed by atoms with Crippen LogP contribution in [0.3, 0.4) is 0 Å². The number of pyridine rings is 1. The number of rotatable bonds is 3. The van der Waals surface area contributed by atoms with Gasteiger partial charge >= 0.3 is 0 Å². The highest BCUT2D eigenvalue weighted by Crippen LogP contribution is 2.27. The molecule has 1 heterocycles. The maximum absolute atomic E-state index is 12.9. The number of benzene rings is 1. The smallest absolute Gasteiger partial charge is 0.147 e. The van der Waals surface area contributed by atoms with Gasteiger partial charge in [0, 0.05) is 17.8 Å². The number of hydrogen-bond acceptors (Lipinski definition) is 3. The normalized spacial score (nSPS) is 10.3. The molecule has 0 saturated heterocycles. The van der Waals surface area contributed by atoms with E-state index in [1.54, 1.807) is 6.07 Å². The summed E-state index contributed by atoms with van der Waals surface area (Å²) in [6.45, 7) is -0.304. The van der Waals surface area contributed by atoms with Crippen molar-refractivity contribution in [3.63, 3.8) is 0 Å². The van der Waals surface area contributed by atoms with Crippen molar-refractivity contribution >= 4 is 11.6 Å². The highest BCUT2D eigenvalue weighted by Gasteiger charge is 2.06. The molecule has 3 nitrogen and oxygen atoms in total. The molecule has 1 aromatic heterocycles. The Morgan fingerprint density at radius 2 is 2.12 bits per heavy atom. The molecule has 88 valence electrons. The van der Waals surface area contributed by atoms with Crippen LogP contribution in [-0.2, 0) is 6.61 Å². The standard InChI is InChI=1S/C12H9ClFNO2/c13-9-4-11(6-15-5-9)17-12-2-1-10(14)3-8(12)7-16/h1-6,16H,7H2. The van der Waals surface area contributed by atoms with Gasteiger partial charge in [-0.15, -0.1) is 0 Å². The Balaban J connectivity index is 2.29. The lowest BCUT2D eigenvalue weighted by Gasteiger charge is -2.09. The second-order valence-corrected chi connectivity index (χ2v) is 3.79. The van der Waals surface area contributed by atoms with Crippen LogP contribution in [0, 0.1) is 5.82 Å². The van der Waals surface area contributed by atoms with Gasteiger partial charge in [0.1, 0.15) is 17.3 Å². The molecule has 2 aromatic rings. The Morgan fingerprint density at radius 1 is 1.29 bits per heavy atom. The number of halogens is 2. The molecule has 1 aromatic carbocycles. The van der Waals surface area contributed by atoms with Crippen LogP contribution in [0.5, 0.6) is 11.5 Å². The fourth-order valence-corrected chi connectivity index (χ4v) is 1.51. The number of aliphatic hydroxyl groups is 1.